The Morgan fingerprint density at radius 1 is 1.17 bits per heavy atom. The lowest BCUT2D eigenvalue weighted by atomic mass is 9.97. The second-order valence-electron chi connectivity index (χ2n) is 5.58. The summed E-state index contributed by atoms with van der Waals surface area (Å²) in [6, 6.07) is 2.69. The maximum Gasteiger partial charge on any atom is 0.280 e. The van der Waals surface area contributed by atoms with Crippen LogP contribution in [0.25, 0.3) is 0 Å². The zero-order valence-electron chi connectivity index (χ0n) is 12.5. The molecule has 23 heavy (non-hydrogen) atoms. The van der Waals surface area contributed by atoms with Gasteiger partial charge in [0.1, 0.15) is 5.69 Å². The first-order valence-electron chi connectivity index (χ1n) is 7.50. The van der Waals surface area contributed by atoms with E-state index in [0.717, 1.165) is 32.0 Å². The quantitative estimate of drug-likeness (QED) is 0.860. The van der Waals surface area contributed by atoms with Gasteiger partial charge in [0.15, 0.2) is 0 Å². The molecule has 1 saturated heterocycles. The molecule has 2 aromatic heterocycles. The molecular weight excluding hydrogens is 304 g/mol. The Hall–Kier alpha value is -2.38. The van der Waals surface area contributed by atoms with Crippen LogP contribution in [0.4, 0.5) is 14.7 Å². The highest BCUT2D eigenvalue weighted by atomic mass is 19.3. The van der Waals surface area contributed by atoms with E-state index in [1.807, 2.05) is 0 Å². The molecule has 0 radical (unpaired) electrons. The molecule has 0 bridgehead atoms. The first kappa shape index (κ1) is 15.5. The van der Waals surface area contributed by atoms with Crippen LogP contribution in [0.2, 0.25) is 0 Å². The Balaban J connectivity index is 1.60. The van der Waals surface area contributed by atoms with Gasteiger partial charge in [0, 0.05) is 38.1 Å². The molecule has 0 unspecified atom stereocenters. The Morgan fingerprint density at radius 3 is 2.48 bits per heavy atom. The number of aromatic nitrogens is 4. The van der Waals surface area contributed by atoms with Crippen molar-refractivity contribution < 1.29 is 8.78 Å². The number of anilines is 1. The van der Waals surface area contributed by atoms with Crippen LogP contribution in [0.15, 0.2) is 35.6 Å². The molecule has 6 nitrogen and oxygen atoms in total. The van der Waals surface area contributed by atoms with E-state index in [1.54, 1.807) is 18.5 Å². The lowest BCUT2D eigenvalue weighted by molar-refractivity contribution is 0.145. The van der Waals surface area contributed by atoms with Gasteiger partial charge >= 0.3 is 0 Å². The van der Waals surface area contributed by atoms with E-state index in [0.29, 0.717) is 18.4 Å². The van der Waals surface area contributed by atoms with Crippen LogP contribution in [0.5, 0.6) is 0 Å². The molecule has 0 N–H and O–H groups in total. The van der Waals surface area contributed by atoms with Gasteiger partial charge < -0.3 is 4.90 Å². The van der Waals surface area contributed by atoms with Gasteiger partial charge in [-0.25, -0.2) is 23.7 Å². The van der Waals surface area contributed by atoms with Gasteiger partial charge in [0.05, 0.1) is 6.33 Å². The SMILES string of the molecule is O=c1cc(C(F)F)ncn1CC1CCN(c2ncccn2)CC1. The van der Waals surface area contributed by atoms with Crippen LogP contribution in [0.3, 0.4) is 0 Å². The third kappa shape index (κ3) is 3.69. The average molecular weight is 321 g/mol. The summed E-state index contributed by atoms with van der Waals surface area (Å²) in [5, 5.41) is 0. The fourth-order valence-corrected chi connectivity index (χ4v) is 2.74. The predicted octanol–water partition coefficient (Wildman–Crippen LogP) is 1.89. The molecule has 8 heteroatoms. The average Bonchev–Trinajstić information content (AvgIpc) is 2.58. The number of hydrogen-bond acceptors (Lipinski definition) is 5. The zero-order chi connectivity index (χ0) is 16.2. The van der Waals surface area contributed by atoms with Crippen molar-refractivity contribution in [2.75, 3.05) is 18.0 Å². The van der Waals surface area contributed by atoms with Crippen LogP contribution in [-0.4, -0.2) is 32.6 Å². The minimum absolute atomic E-state index is 0.312. The van der Waals surface area contributed by atoms with E-state index >= 15 is 0 Å². The van der Waals surface area contributed by atoms with Crippen molar-refractivity contribution in [3.8, 4) is 0 Å². The molecule has 1 aliphatic rings. The fourth-order valence-electron chi connectivity index (χ4n) is 2.74. The smallest absolute Gasteiger partial charge is 0.280 e. The van der Waals surface area contributed by atoms with Crippen LogP contribution in [-0.2, 0) is 6.54 Å². The zero-order valence-corrected chi connectivity index (χ0v) is 12.5. The van der Waals surface area contributed by atoms with Gasteiger partial charge in [0.2, 0.25) is 5.95 Å². The highest BCUT2D eigenvalue weighted by Gasteiger charge is 2.21. The summed E-state index contributed by atoms with van der Waals surface area (Å²) in [6.07, 6.45) is 3.71. The molecule has 122 valence electrons. The molecule has 2 aromatic rings. The van der Waals surface area contributed by atoms with Crippen molar-refractivity contribution >= 4 is 5.95 Å². The molecule has 0 atom stereocenters. The standard InChI is InChI=1S/C15H17F2N5O/c16-14(17)12-8-13(23)22(10-20-12)9-11-2-6-21(7-3-11)15-18-4-1-5-19-15/h1,4-5,8,10-11,14H,2-3,6-7,9H2. The lowest BCUT2D eigenvalue weighted by Crippen LogP contribution is -2.37. The maximum absolute atomic E-state index is 12.5. The highest BCUT2D eigenvalue weighted by Crippen LogP contribution is 2.21. The molecule has 0 aromatic carbocycles. The fraction of sp³-hybridized carbons (Fsp3) is 0.467. The van der Waals surface area contributed by atoms with Gasteiger partial charge in [-0.3, -0.25) is 9.36 Å². The molecular formula is C15H17F2N5O. The van der Waals surface area contributed by atoms with E-state index < -0.39 is 17.7 Å². The van der Waals surface area contributed by atoms with E-state index in [4.69, 9.17) is 0 Å². The van der Waals surface area contributed by atoms with Crippen LogP contribution in [0, 0.1) is 5.92 Å². The highest BCUT2D eigenvalue weighted by molar-refractivity contribution is 5.28. The van der Waals surface area contributed by atoms with Gasteiger partial charge in [-0.2, -0.15) is 0 Å². The number of rotatable bonds is 4. The monoisotopic (exact) mass is 321 g/mol. The first-order valence-corrected chi connectivity index (χ1v) is 7.50. The number of piperidine rings is 1. The Labute approximate surface area is 131 Å². The Kier molecular flexibility index (Phi) is 4.59. The van der Waals surface area contributed by atoms with E-state index in [1.165, 1.54) is 10.9 Å². The summed E-state index contributed by atoms with van der Waals surface area (Å²) in [5.74, 6) is 1.03. The molecule has 1 aliphatic heterocycles. The predicted molar refractivity (Wildman–Crippen MR) is 80.4 cm³/mol. The molecule has 3 heterocycles. The summed E-state index contributed by atoms with van der Waals surface area (Å²) >= 11 is 0. The third-order valence-electron chi connectivity index (χ3n) is 4.03. The number of alkyl halides is 2. The van der Waals surface area contributed by atoms with Crippen molar-refractivity contribution in [1.29, 1.82) is 0 Å². The summed E-state index contributed by atoms with van der Waals surface area (Å²) in [6.45, 7) is 2.12. The Bertz CT molecular complexity index is 699. The van der Waals surface area contributed by atoms with Gasteiger partial charge in [0.25, 0.3) is 12.0 Å². The summed E-state index contributed by atoms with van der Waals surface area (Å²) in [7, 11) is 0. The van der Waals surface area contributed by atoms with Crippen LogP contribution in [0.1, 0.15) is 25.0 Å². The molecule has 3 rings (SSSR count). The van der Waals surface area contributed by atoms with E-state index in [-0.39, 0.29) is 0 Å². The maximum atomic E-state index is 12.5. The van der Waals surface area contributed by atoms with Crippen LogP contribution < -0.4 is 10.5 Å². The Morgan fingerprint density at radius 2 is 1.87 bits per heavy atom. The van der Waals surface area contributed by atoms with E-state index in [9.17, 15) is 13.6 Å². The minimum Gasteiger partial charge on any atom is -0.341 e. The van der Waals surface area contributed by atoms with Gasteiger partial charge in [-0.1, -0.05) is 0 Å². The second kappa shape index (κ2) is 6.80. The summed E-state index contributed by atoms with van der Waals surface area (Å²) < 4.78 is 26.4. The second-order valence-corrected chi connectivity index (χ2v) is 5.58. The summed E-state index contributed by atoms with van der Waals surface area (Å²) in [4.78, 5) is 26.1. The van der Waals surface area contributed by atoms with Crippen molar-refractivity contribution in [2.45, 2.75) is 25.8 Å². The van der Waals surface area contributed by atoms with Crippen molar-refractivity contribution in [1.82, 2.24) is 19.5 Å². The number of nitrogens with zero attached hydrogens (tertiary/aromatic N) is 5. The molecule has 0 saturated carbocycles. The molecule has 0 amide bonds. The molecule has 0 aliphatic carbocycles. The first-order chi connectivity index (χ1) is 11.1. The number of hydrogen-bond donors (Lipinski definition) is 0. The number of halogens is 2. The minimum atomic E-state index is -2.72. The molecule has 1 fully saturated rings. The normalized spacial score (nSPS) is 16.0. The van der Waals surface area contributed by atoms with Gasteiger partial charge in [-0.05, 0) is 24.8 Å². The van der Waals surface area contributed by atoms with Gasteiger partial charge in [-0.15, -0.1) is 0 Å². The van der Waals surface area contributed by atoms with Crippen molar-refractivity contribution in [3.63, 3.8) is 0 Å². The lowest BCUT2D eigenvalue weighted by Gasteiger charge is -2.32. The summed E-state index contributed by atoms with van der Waals surface area (Å²) in [5.41, 5.74) is -0.897. The van der Waals surface area contributed by atoms with Crippen molar-refractivity contribution in [2.24, 2.45) is 5.92 Å². The third-order valence-corrected chi connectivity index (χ3v) is 4.03. The van der Waals surface area contributed by atoms with Crippen molar-refractivity contribution in [3.05, 3.63) is 46.9 Å². The van der Waals surface area contributed by atoms with Crippen LogP contribution >= 0.6 is 0 Å². The van der Waals surface area contributed by atoms with E-state index in [2.05, 4.69) is 19.9 Å². The molecule has 0 spiro atoms. The topological polar surface area (TPSA) is 63.9 Å². The largest absolute Gasteiger partial charge is 0.341 e.